The van der Waals surface area contributed by atoms with Crippen molar-refractivity contribution in [3.05, 3.63) is 52.4 Å². The summed E-state index contributed by atoms with van der Waals surface area (Å²) in [4.78, 5) is 43.3. The molecule has 3 aliphatic rings. The summed E-state index contributed by atoms with van der Waals surface area (Å²) < 4.78 is 0. The number of aromatic nitrogens is 3. The van der Waals surface area contributed by atoms with Crippen LogP contribution in [0.15, 0.2) is 29.8 Å². The van der Waals surface area contributed by atoms with Gasteiger partial charge >= 0.3 is 6.09 Å². The molecular weight excluding hydrogens is 450 g/mol. The Bertz CT molecular complexity index is 1290. The van der Waals surface area contributed by atoms with Crippen LogP contribution in [-0.2, 0) is 0 Å². The van der Waals surface area contributed by atoms with E-state index < -0.39 is 11.8 Å². The number of fused-ring (bicyclic) bond motifs is 3. The summed E-state index contributed by atoms with van der Waals surface area (Å²) in [5.41, 5.74) is 4.80. The lowest BCUT2D eigenvalue weighted by molar-refractivity contribution is -0.0324. The molecule has 2 bridgehead atoms. The Kier molecular flexibility index (Phi) is 4.88. The molecule has 2 aromatic heterocycles. The fourth-order valence-corrected chi connectivity index (χ4v) is 6.94. The predicted molar refractivity (Wildman–Crippen MR) is 128 cm³/mol. The third-order valence-corrected chi connectivity index (χ3v) is 8.72. The van der Waals surface area contributed by atoms with Gasteiger partial charge in [-0.05, 0) is 69.1 Å². The minimum atomic E-state index is -0.925. The van der Waals surface area contributed by atoms with E-state index in [9.17, 15) is 14.7 Å². The second kappa shape index (κ2) is 7.73. The van der Waals surface area contributed by atoms with Gasteiger partial charge in [0.1, 0.15) is 21.8 Å². The van der Waals surface area contributed by atoms with Gasteiger partial charge in [-0.1, -0.05) is 12.1 Å². The Balaban J connectivity index is 1.21. The molecule has 34 heavy (non-hydrogen) atoms. The Hall–Kier alpha value is -3.07. The monoisotopic (exact) mass is 477 g/mol. The highest BCUT2D eigenvalue weighted by Crippen LogP contribution is 2.55. The average molecular weight is 478 g/mol. The van der Waals surface area contributed by atoms with Gasteiger partial charge in [0.2, 0.25) is 0 Å². The smallest absolute Gasteiger partial charge is 0.409 e. The van der Waals surface area contributed by atoms with E-state index in [2.05, 4.69) is 9.97 Å². The number of nitrogens with zero attached hydrogens (tertiary/aromatic N) is 5. The molecule has 1 aliphatic carbocycles. The fraction of sp³-hybridized carbons (Fsp3) is 0.480. The number of thiazole rings is 1. The van der Waals surface area contributed by atoms with Gasteiger partial charge in [-0.2, -0.15) is 0 Å². The summed E-state index contributed by atoms with van der Waals surface area (Å²) >= 11 is 1.54. The molecule has 4 atom stereocenters. The summed E-state index contributed by atoms with van der Waals surface area (Å²) in [6.07, 6.45) is 4.14. The first-order valence-electron chi connectivity index (χ1n) is 11.9. The molecule has 3 aromatic rings. The van der Waals surface area contributed by atoms with Crippen LogP contribution in [0.1, 0.15) is 77.8 Å². The van der Waals surface area contributed by atoms with Crippen LogP contribution in [0.25, 0.3) is 10.3 Å². The summed E-state index contributed by atoms with van der Waals surface area (Å²) in [6.45, 7) is 1.92. The Labute approximate surface area is 201 Å². The lowest BCUT2D eigenvalue weighted by atomic mass is 9.94. The maximum Gasteiger partial charge on any atom is 0.409 e. The Morgan fingerprint density at radius 2 is 1.94 bits per heavy atom. The maximum absolute atomic E-state index is 13.4. The van der Waals surface area contributed by atoms with Crippen molar-refractivity contribution < 1.29 is 14.7 Å². The largest absolute Gasteiger partial charge is 0.465 e. The molecule has 8 nitrogen and oxygen atoms in total. The Morgan fingerprint density at radius 3 is 2.71 bits per heavy atom. The minimum absolute atomic E-state index is 0.0188. The number of piperidine rings is 1. The molecule has 3 fully saturated rings. The van der Waals surface area contributed by atoms with Gasteiger partial charge in [0.05, 0.1) is 11.2 Å². The van der Waals surface area contributed by atoms with Crippen molar-refractivity contribution in [1.29, 1.82) is 0 Å². The van der Waals surface area contributed by atoms with E-state index in [-0.39, 0.29) is 11.9 Å². The Morgan fingerprint density at radius 1 is 1.15 bits per heavy atom. The summed E-state index contributed by atoms with van der Waals surface area (Å²) in [6, 6.07) is 7.84. The zero-order valence-corrected chi connectivity index (χ0v) is 20.1. The van der Waals surface area contributed by atoms with Crippen LogP contribution in [0.5, 0.6) is 0 Å². The second-order valence-corrected chi connectivity index (χ2v) is 10.7. The van der Waals surface area contributed by atoms with Crippen molar-refractivity contribution in [2.24, 2.45) is 0 Å². The number of carbonyl (C=O) groups excluding carboxylic acids is 1. The third kappa shape index (κ3) is 3.20. The van der Waals surface area contributed by atoms with E-state index in [4.69, 9.17) is 4.98 Å². The van der Waals surface area contributed by atoms with Crippen LogP contribution >= 0.6 is 11.3 Å². The highest BCUT2D eigenvalue weighted by atomic mass is 32.1. The van der Waals surface area contributed by atoms with Crippen molar-refractivity contribution in [1.82, 2.24) is 24.8 Å². The van der Waals surface area contributed by atoms with E-state index in [1.54, 1.807) is 16.8 Å². The number of benzene rings is 1. The molecule has 1 N–H and O–H groups in total. The number of carboxylic acid groups (broad SMARTS) is 1. The van der Waals surface area contributed by atoms with E-state index in [1.165, 1.54) is 16.9 Å². The van der Waals surface area contributed by atoms with Gasteiger partial charge in [-0.3, -0.25) is 9.69 Å². The van der Waals surface area contributed by atoms with Gasteiger partial charge in [0, 0.05) is 24.6 Å². The molecule has 2 saturated heterocycles. The van der Waals surface area contributed by atoms with Gasteiger partial charge in [-0.25, -0.2) is 19.7 Å². The quantitative estimate of drug-likeness (QED) is 0.582. The molecule has 0 radical (unpaired) electrons. The van der Waals surface area contributed by atoms with Crippen LogP contribution < -0.4 is 0 Å². The van der Waals surface area contributed by atoms with Gasteiger partial charge in [0.15, 0.2) is 0 Å². The molecule has 6 rings (SSSR count). The van der Waals surface area contributed by atoms with Gasteiger partial charge in [0.25, 0.3) is 5.91 Å². The summed E-state index contributed by atoms with van der Waals surface area (Å²) in [5.74, 6) is 1.32. The van der Waals surface area contributed by atoms with Crippen molar-refractivity contribution in [3.8, 4) is 0 Å². The lowest BCUT2D eigenvalue weighted by Gasteiger charge is -2.48. The van der Waals surface area contributed by atoms with E-state index >= 15 is 0 Å². The molecular formula is C25H27N5O3S. The number of aryl methyl sites for hydroxylation is 1. The molecule has 2 aliphatic heterocycles. The van der Waals surface area contributed by atoms with Gasteiger partial charge < -0.3 is 10.0 Å². The lowest BCUT2D eigenvalue weighted by Crippen LogP contribution is -2.62. The van der Waals surface area contributed by atoms with Crippen molar-refractivity contribution >= 4 is 33.7 Å². The first kappa shape index (κ1) is 21.5. The second-order valence-electron chi connectivity index (χ2n) is 9.82. The van der Waals surface area contributed by atoms with Crippen LogP contribution in [0.4, 0.5) is 4.79 Å². The number of hydrogen-bond acceptors (Lipinski definition) is 6. The molecule has 1 aromatic carbocycles. The predicted octanol–water partition coefficient (Wildman–Crippen LogP) is 4.76. The first-order valence-corrected chi connectivity index (χ1v) is 12.7. The van der Waals surface area contributed by atoms with Crippen LogP contribution in [-0.4, -0.2) is 60.6 Å². The molecule has 1 saturated carbocycles. The molecule has 4 unspecified atom stereocenters. The number of hydrogen-bond donors (Lipinski definition) is 1. The average Bonchev–Trinajstić information content (AvgIpc) is 3.42. The zero-order valence-electron chi connectivity index (χ0n) is 19.3. The highest BCUT2D eigenvalue weighted by molar-refractivity contribution is 7.16. The number of rotatable bonds is 4. The highest BCUT2D eigenvalue weighted by Gasteiger charge is 2.55. The topological polar surface area (TPSA) is 99.5 Å². The van der Waals surface area contributed by atoms with E-state index in [1.807, 2.05) is 36.7 Å². The van der Waals surface area contributed by atoms with Crippen molar-refractivity contribution in [2.45, 2.75) is 69.0 Å². The van der Waals surface area contributed by atoms with Crippen molar-refractivity contribution in [2.75, 3.05) is 7.05 Å². The molecule has 4 heterocycles. The summed E-state index contributed by atoms with van der Waals surface area (Å²) in [7, 11) is 1.76. The molecule has 2 amide bonds. The zero-order chi connectivity index (χ0) is 23.6. The molecule has 176 valence electrons. The van der Waals surface area contributed by atoms with Crippen LogP contribution in [0.2, 0.25) is 0 Å². The maximum atomic E-state index is 13.4. The van der Waals surface area contributed by atoms with E-state index in [0.717, 1.165) is 47.5 Å². The fourth-order valence-electron chi connectivity index (χ4n) is 6.23. The van der Waals surface area contributed by atoms with Crippen LogP contribution in [0, 0.1) is 6.92 Å². The first-order chi connectivity index (χ1) is 16.4. The standard InChI is InChI=1S/C25H27N5O3S/c1-14-27-20(21-22(28-14)34-13-26-21)19-12-18(19)15-5-7-16(8-6-15)23(31)29(2)25-10-3-4-17(9-11-25)30(25)24(32)33/h5-8,13,17-19H,3-4,9-12H2,1-2H3,(H,32,33). The van der Waals surface area contributed by atoms with Gasteiger partial charge in [-0.15, -0.1) is 11.3 Å². The number of amides is 2. The normalized spacial score (nSPS) is 27.7. The van der Waals surface area contributed by atoms with Crippen LogP contribution in [0.3, 0.4) is 0 Å². The number of carbonyl (C=O) groups is 2. The SMILES string of the molecule is Cc1nc(C2CC2c2ccc(C(=O)N(C)C34CCCC(CC3)N4C(=O)O)cc2)c2ncsc2n1. The van der Waals surface area contributed by atoms with E-state index in [0.29, 0.717) is 30.2 Å². The summed E-state index contributed by atoms with van der Waals surface area (Å²) in [5, 5.41) is 9.85. The van der Waals surface area contributed by atoms with Crippen molar-refractivity contribution in [3.63, 3.8) is 0 Å². The molecule has 9 heteroatoms. The minimum Gasteiger partial charge on any atom is -0.465 e. The third-order valence-electron chi connectivity index (χ3n) is 8.01. The molecule has 0 spiro atoms.